The zero-order chi connectivity index (χ0) is 27.7. The highest BCUT2D eigenvalue weighted by Crippen LogP contribution is 2.34. The summed E-state index contributed by atoms with van der Waals surface area (Å²) in [6.45, 7) is 3.45. The lowest BCUT2D eigenvalue weighted by molar-refractivity contribution is -0.125. The van der Waals surface area contributed by atoms with E-state index in [9.17, 15) is 4.79 Å². The molecule has 0 saturated carbocycles. The number of pyridine rings is 1. The molecule has 0 bridgehead atoms. The number of para-hydroxylation sites is 1. The van der Waals surface area contributed by atoms with E-state index in [-0.39, 0.29) is 11.9 Å². The number of rotatable bonds is 12. The first-order valence-electron chi connectivity index (χ1n) is 13.3. The quantitative estimate of drug-likeness (QED) is 0.249. The van der Waals surface area contributed by atoms with Crippen molar-refractivity contribution in [1.29, 1.82) is 0 Å². The highest BCUT2D eigenvalue weighted by Gasteiger charge is 2.26. The van der Waals surface area contributed by atoms with Crippen molar-refractivity contribution in [2.75, 3.05) is 52.3 Å². The van der Waals surface area contributed by atoms with E-state index in [0.717, 1.165) is 29.9 Å². The lowest BCUT2D eigenvalue weighted by atomic mass is 10.2. The molecule has 10 nitrogen and oxygen atoms in total. The Balaban J connectivity index is 1.20. The van der Waals surface area contributed by atoms with Crippen molar-refractivity contribution < 1.29 is 19.0 Å². The zero-order valence-electron chi connectivity index (χ0n) is 22.7. The molecule has 0 radical (unpaired) electrons. The van der Waals surface area contributed by atoms with E-state index < -0.39 is 0 Å². The van der Waals surface area contributed by atoms with Gasteiger partial charge in [-0.15, -0.1) is 0 Å². The molecule has 10 heteroatoms. The van der Waals surface area contributed by atoms with Gasteiger partial charge in [-0.3, -0.25) is 9.89 Å². The van der Waals surface area contributed by atoms with Crippen molar-refractivity contribution in [3.05, 3.63) is 79.0 Å². The SMILES string of the molecule is COCCN(C)CC=CC(=O)N1CC[C@@H](Nc2n[nH]c3nccc(Oc4ccc(Oc5ccccc5)cc4)c23)C1. The molecule has 1 aliphatic rings. The lowest BCUT2D eigenvalue weighted by Crippen LogP contribution is -2.30. The van der Waals surface area contributed by atoms with Gasteiger partial charge in [0.1, 0.15) is 28.4 Å². The topological polar surface area (TPSA) is 105 Å². The van der Waals surface area contributed by atoms with Crippen LogP contribution in [0.4, 0.5) is 5.82 Å². The highest BCUT2D eigenvalue weighted by molar-refractivity contribution is 5.93. The van der Waals surface area contributed by atoms with Crippen molar-refractivity contribution in [3.8, 4) is 23.0 Å². The molecule has 3 heterocycles. The predicted octanol–water partition coefficient (Wildman–Crippen LogP) is 4.69. The third-order valence-corrected chi connectivity index (χ3v) is 6.65. The summed E-state index contributed by atoms with van der Waals surface area (Å²) in [5.74, 6) is 3.45. The van der Waals surface area contributed by atoms with E-state index in [1.165, 1.54) is 0 Å². The number of nitrogens with one attached hydrogen (secondary N) is 2. The smallest absolute Gasteiger partial charge is 0.246 e. The van der Waals surface area contributed by atoms with Crippen molar-refractivity contribution >= 4 is 22.8 Å². The van der Waals surface area contributed by atoms with Gasteiger partial charge in [-0.1, -0.05) is 24.3 Å². The van der Waals surface area contributed by atoms with Crippen LogP contribution in [0.15, 0.2) is 79.0 Å². The first-order chi connectivity index (χ1) is 19.6. The fraction of sp³-hybridized carbons (Fsp3) is 0.300. The second kappa shape index (κ2) is 13.1. The summed E-state index contributed by atoms with van der Waals surface area (Å²) in [4.78, 5) is 21.1. The van der Waals surface area contributed by atoms with E-state index in [0.29, 0.717) is 49.2 Å². The summed E-state index contributed by atoms with van der Waals surface area (Å²) >= 11 is 0. The van der Waals surface area contributed by atoms with Crippen LogP contribution < -0.4 is 14.8 Å². The van der Waals surface area contributed by atoms with Crippen molar-refractivity contribution in [2.24, 2.45) is 0 Å². The summed E-state index contributed by atoms with van der Waals surface area (Å²) in [6, 6.07) is 19.0. The molecular formula is C30H34N6O4. The molecule has 0 aliphatic carbocycles. The number of hydrogen-bond donors (Lipinski definition) is 2. The highest BCUT2D eigenvalue weighted by atomic mass is 16.5. The molecule has 1 atom stereocenters. The molecule has 1 amide bonds. The van der Waals surface area contributed by atoms with Gasteiger partial charge in [0.05, 0.1) is 6.61 Å². The molecule has 1 fully saturated rings. The van der Waals surface area contributed by atoms with E-state index in [1.807, 2.05) is 78.7 Å². The Labute approximate surface area is 233 Å². The Morgan fingerprint density at radius 2 is 1.85 bits per heavy atom. The van der Waals surface area contributed by atoms with E-state index in [4.69, 9.17) is 14.2 Å². The molecule has 2 N–H and O–H groups in total. The molecular weight excluding hydrogens is 508 g/mol. The van der Waals surface area contributed by atoms with Crippen LogP contribution in [0.1, 0.15) is 6.42 Å². The number of aromatic nitrogens is 3. The Morgan fingerprint density at radius 1 is 1.10 bits per heavy atom. The van der Waals surface area contributed by atoms with E-state index >= 15 is 0 Å². The average Bonchev–Trinajstić information content (AvgIpc) is 3.62. The summed E-state index contributed by atoms with van der Waals surface area (Å²) in [7, 11) is 3.68. The monoisotopic (exact) mass is 542 g/mol. The number of amides is 1. The molecule has 4 aromatic rings. The minimum Gasteiger partial charge on any atom is -0.457 e. The van der Waals surface area contributed by atoms with Gasteiger partial charge in [-0.05, 0) is 49.9 Å². The summed E-state index contributed by atoms with van der Waals surface area (Å²) in [6.07, 6.45) is 6.06. The Hall–Kier alpha value is -4.41. The number of ether oxygens (including phenoxy) is 3. The molecule has 2 aromatic carbocycles. The maximum atomic E-state index is 12.7. The number of anilines is 1. The van der Waals surface area contributed by atoms with E-state index in [1.54, 1.807) is 19.4 Å². The van der Waals surface area contributed by atoms with Crippen LogP contribution in [0.3, 0.4) is 0 Å². The molecule has 0 unspecified atom stereocenters. The number of fused-ring (bicyclic) bond motifs is 1. The van der Waals surface area contributed by atoms with Gasteiger partial charge in [0.25, 0.3) is 0 Å². The normalized spacial score (nSPS) is 15.3. The van der Waals surface area contributed by atoms with Gasteiger partial charge < -0.3 is 29.3 Å². The van der Waals surface area contributed by atoms with Crippen LogP contribution in [-0.2, 0) is 9.53 Å². The van der Waals surface area contributed by atoms with Crippen molar-refractivity contribution in [3.63, 3.8) is 0 Å². The molecule has 40 heavy (non-hydrogen) atoms. The lowest BCUT2D eigenvalue weighted by Gasteiger charge is -2.16. The third kappa shape index (κ3) is 6.96. The van der Waals surface area contributed by atoms with Crippen molar-refractivity contribution in [2.45, 2.75) is 12.5 Å². The molecule has 0 spiro atoms. The maximum absolute atomic E-state index is 12.7. The first-order valence-corrected chi connectivity index (χ1v) is 13.3. The van der Waals surface area contributed by atoms with Gasteiger partial charge in [0.15, 0.2) is 11.5 Å². The summed E-state index contributed by atoms with van der Waals surface area (Å²) in [5.41, 5.74) is 0.621. The Bertz CT molecular complexity index is 1420. The molecule has 208 valence electrons. The third-order valence-electron chi connectivity index (χ3n) is 6.65. The van der Waals surface area contributed by atoms with Crippen LogP contribution in [0.2, 0.25) is 0 Å². The number of H-pyrrole nitrogens is 1. The fourth-order valence-electron chi connectivity index (χ4n) is 4.49. The summed E-state index contributed by atoms with van der Waals surface area (Å²) in [5, 5.41) is 11.7. The second-order valence-electron chi connectivity index (χ2n) is 9.67. The molecule has 2 aromatic heterocycles. The minimum absolute atomic E-state index is 0.0155. The van der Waals surface area contributed by atoms with Crippen molar-refractivity contribution in [1.82, 2.24) is 25.0 Å². The average molecular weight is 543 g/mol. The molecule has 1 aliphatic heterocycles. The van der Waals surface area contributed by atoms with Gasteiger partial charge in [-0.25, -0.2) is 4.98 Å². The van der Waals surface area contributed by atoms with Gasteiger partial charge in [0, 0.05) is 57.7 Å². The van der Waals surface area contributed by atoms with Crippen LogP contribution >= 0.6 is 0 Å². The standard InChI is InChI=1S/C30H34N6O4/c1-35(19-20-38-2)17-6-9-27(37)36-18-15-22(21-36)32-30-28-26(14-16-31-29(28)33-34-30)40-25-12-10-24(11-13-25)39-23-7-4-3-5-8-23/h3-14,16,22H,15,17-21H2,1-2H3,(H2,31,32,33,34)/t22-/m1/s1. The number of benzene rings is 2. The number of aromatic amines is 1. The molecule has 1 saturated heterocycles. The number of carbonyl (C=O) groups excluding carboxylic acids is 1. The van der Waals surface area contributed by atoms with Crippen LogP contribution in [0.25, 0.3) is 11.0 Å². The van der Waals surface area contributed by atoms with E-state index in [2.05, 4.69) is 25.4 Å². The van der Waals surface area contributed by atoms with Crippen LogP contribution in [0.5, 0.6) is 23.0 Å². The molecule has 5 rings (SSSR count). The number of likely N-dealkylation sites (N-methyl/N-ethyl adjacent to an activating group) is 1. The van der Waals surface area contributed by atoms with Gasteiger partial charge >= 0.3 is 0 Å². The minimum atomic E-state index is 0.0155. The van der Waals surface area contributed by atoms with Crippen LogP contribution in [0, 0.1) is 0 Å². The number of hydrogen-bond acceptors (Lipinski definition) is 8. The predicted molar refractivity (Wildman–Crippen MR) is 154 cm³/mol. The number of likely N-dealkylation sites (tertiary alicyclic amines) is 1. The summed E-state index contributed by atoms with van der Waals surface area (Å²) < 4.78 is 17.2. The zero-order valence-corrected chi connectivity index (χ0v) is 22.7. The Kier molecular flexibility index (Phi) is 8.89. The Morgan fingerprint density at radius 3 is 2.62 bits per heavy atom. The number of carbonyl (C=O) groups is 1. The first kappa shape index (κ1) is 27.2. The number of nitrogens with zero attached hydrogens (tertiary/aromatic N) is 4. The van der Waals surface area contributed by atoms with Crippen LogP contribution in [-0.4, -0.2) is 83.9 Å². The maximum Gasteiger partial charge on any atom is 0.246 e. The van der Waals surface area contributed by atoms with Gasteiger partial charge in [-0.2, -0.15) is 5.10 Å². The fourth-order valence-corrected chi connectivity index (χ4v) is 4.49. The second-order valence-corrected chi connectivity index (χ2v) is 9.67. The largest absolute Gasteiger partial charge is 0.457 e. The van der Waals surface area contributed by atoms with Gasteiger partial charge in [0.2, 0.25) is 5.91 Å². The number of methoxy groups -OCH3 is 1.